The third-order valence-corrected chi connectivity index (χ3v) is 4.88. The van der Waals surface area contributed by atoms with E-state index >= 15 is 0 Å². The Morgan fingerprint density at radius 1 is 1.18 bits per heavy atom. The van der Waals surface area contributed by atoms with Crippen molar-refractivity contribution in [2.45, 2.75) is 13.5 Å². The Kier molecular flexibility index (Phi) is 4.14. The number of rotatable bonds is 4. The van der Waals surface area contributed by atoms with Crippen molar-refractivity contribution in [1.29, 1.82) is 0 Å². The van der Waals surface area contributed by atoms with Crippen molar-refractivity contribution in [2.24, 2.45) is 14.1 Å². The van der Waals surface area contributed by atoms with Gasteiger partial charge in [0, 0.05) is 30.7 Å². The van der Waals surface area contributed by atoms with E-state index in [1.165, 1.54) is 17.9 Å². The molecule has 1 aromatic carbocycles. The molecule has 0 aliphatic rings. The molecule has 9 nitrogen and oxygen atoms in total. The van der Waals surface area contributed by atoms with Gasteiger partial charge in [-0.05, 0) is 13.0 Å². The Labute approximate surface area is 158 Å². The van der Waals surface area contributed by atoms with Crippen LogP contribution in [0.15, 0.2) is 40.2 Å². The maximum Gasteiger partial charge on any atom is 0.340 e. The number of nitrogens with zero attached hydrogens (tertiary/aromatic N) is 4. The van der Waals surface area contributed by atoms with E-state index in [4.69, 9.17) is 4.74 Å². The van der Waals surface area contributed by atoms with Crippen LogP contribution in [-0.4, -0.2) is 36.2 Å². The lowest BCUT2D eigenvalue weighted by Crippen LogP contribution is -2.37. The first kappa shape index (κ1) is 17.8. The van der Waals surface area contributed by atoms with Gasteiger partial charge in [0.05, 0.1) is 18.4 Å². The Morgan fingerprint density at radius 2 is 1.93 bits per heavy atom. The van der Waals surface area contributed by atoms with Crippen LogP contribution < -0.4 is 11.2 Å². The summed E-state index contributed by atoms with van der Waals surface area (Å²) in [5.41, 5.74) is 1.83. The second kappa shape index (κ2) is 6.52. The fourth-order valence-corrected chi connectivity index (χ4v) is 3.42. The fraction of sp³-hybridized carbons (Fsp3) is 0.263. The first-order valence-corrected chi connectivity index (χ1v) is 8.75. The zero-order chi connectivity index (χ0) is 20.0. The van der Waals surface area contributed by atoms with Gasteiger partial charge >= 0.3 is 11.7 Å². The topological polar surface area (TPSA) is 104 Å². The molecule has 0 fully saturated rings. The monoisotopic (exact) mass is 381 g/mol. The third-order valence-electron chi connectivity index (χ3n) is 4.88. The minimum atomic E-state index is -0.441. The number of H-pyrrole nitrogens is 1. The molecule has 0 spiro atoms. The van der Waals surface area contributed by atoms with E-state index in [9.17, 15) is 14.4 Å². The van der Waals surface area contributed by atoms with Gasteiger partial charge in [0.15, 0.2) is 11.2 Å². The van der Waals surface area contributed by atoms with Crippen LogP contribution in [0.3, 0.4) is 0 Å². The highest BCUT2D eigenvalue weighted by Gasteiger charge is 2.18. The van der Waals surface area contributed by atoms with E-state index in [-0.39, 0.29) is 13.2 Å². The molecule has 0 unspecified atom stereocenters. The molecular weight excluding hydrogens is 362 g/mol. The van der Waals surface area contributed by atoms with Gasteiger partial charge < -0.3 is 14.3 Å². The second-order valence-electron chi connectivity index (χ2n) is 6.62. The molecule has 0 amide bonds. The standard InChI is InChI=1S/C19H19N5O4/c1-11-14(12-6-4-5-7-13(12)21-11)18(26)28-9-8-24-10-20-16-15(24)17(25)23(3)19(27)22(16)2/h4-7,10,21H,8-9H2,1-3H3. The molecule has 0 aliphatic carbocycles. The summed E-state index contributed by atoms with van der Waals surface area (Å²) in [4.78, 5) is 44.3. The molecule has 144 valence electrons. The molecule has 9 heteroatoms. The molecule has 0 radical (unpaired) electrons. The Balaban J connectivity index is 1.58. The van der Waals surface area contributed by atoms with Crippen molar-refractivity contribution in [3.8, 4) is 0 Å². The van der Waals surface area contributed by atoms with Crippen molar-refractivity contribution in [1.82, 2.24) is 23.7 Å². The Hall–Kier alpha value is -3.62. The number of fused-ring (bicyclic) bond motifs is 2. The van der Waals surface area contributed by atoms with E-state index in [2.05, 4.69) is 9.97 Å². The maximum absolute atomic E-state index is 12.6. The number of ether oxygens (including phenoxy) is 1. The lowest BCUT2D eigenvalue weighted by Gasteiger charge is -2.08. The summed E-state index contributed by atoms with van der Waals surface area (Å²) in [5.74, 6) is -0.431. The number of aryl methyl sites for hydroxylation is 2. The SMILES string of the molecule is Cc1[nH]c2ccccc2c1C(=O)OCCn1cnc2c1c(=O)n(C)c(=O)n2C. The molecular formula is C19H19N5O4. The number of carbonyl (C=O) groups is 1. The van der Waals surface area contributed by atoms with Crippen LogP contribution in [0.2, 0.25) is 0 Å². The van der Waals surface area contributed by atoms with E-state index < -0.39 is 17.2 Å². The van der Waals surface area contributed by atoms with Crippen molar-refractivity contribution >= 4 is 28.0 Å². The Morgan fingerprint density at radius 3 is 2.71 bits per heavy atom. The van der Waals surface area contributed by atoms with Gasteiger partial charge in [0.2, 0.25) is 0 Å². The number of aromatic amines is 1. The molecule has 4 aromatic rings. The van der Waals surface area contributed by atoms with E-state index in [0.29, 0.717) is 16.7 Å². The molecule has 0 aliphatic heterocycles. The van der Waals surface area contributed by atoms with Gasteiger partial charge in [0.25, 0.3) is 5.56 Å². The zero-order valence-corrected chi connectivity index (χ0v) is 15.7. The minimum absolute atomic E-state index is 0.0647. The van der Waals surface area contributed by atoms with E-state index in [1.807, 2.05) is 31.2 Å². The van der Waals surface area contributed by atoms with Crippen molar-refractivity contribution in [3.05, 3.63) is 62.7 Å². The van der Waals surface area contributed by atoms with Gasteiger partial charge in [-0.2, -0.15) is 0 Å². The second-order valence-corrected chi connectivity index (χ2v) is 6.62. The van der Waals surface area contributed by atoms with E-state index in [0.717, 1.165) is 21.2 Å². The summed E-state index contributed by atoms with van der Waals surface area (Å²) in [5, 5.41) is 0.807. The van der Waals surface area contributed by atoms with Crippen LogP contribution in [0, 0.1) is 6.92 Å². The molecule has 0 bridgehead atoms. The van der Waals surface area contributed by atoms with Crippen molar-refractivity contribution in [2.75, 3.05) is 6.61 Å². The molecule has 3 aromatic heterocycles. The molecule has 4 rings (SSSR count). The normalized spacial score (nSPS) is 11.4. The lowest BCUT2D eigenvalue weighted by molar-refractivity contribution is 0.0494. The molecule has 28 heavy (non-hydrogen) atoms. The number of benzene rings is 1. The molecule has 0 saturated heterocycles. The highest BCUT2D eigenvalue weighted by atomic mass is 16.5. The predicted octanol–water partition coefficient (Wildman–Crippen LogP) is 1.08. The first-order valence-electron chi connectivity index (χ1n) is 8.75. The number of hydrogen-bond acceptors (Lipinski definition) is 5. The van der Waals surface area contributed by atoms with Crippen LogP contribution in [0.1, 0.15) is 16.1 Å². The number of hydrogen-bond donors (Lipinski definition) is 1. The van der Waals surface area contributed by atoms with Crippen LogP contribution in [-0.2, 0) is 25.4 Å². The van der Waals surface area contributed by atoms with Gasteiger partial charge in [-0.1, -0.05) is 18.2 Å². The molecule has 0 atom stereocenters. The van der Waals surface area contributed by atoms with Gasteiger partial charge in [0.1, 0.15) is 6.61 Å². The van der Waals surface area contributed by atoms with Crippen LogP contribution in [0.25, 0.3) is 22.1 Å². The van der Waals surface area contributed by atoms with Crippen LogP contribution in [0.5, 0.6) is 0 Å². The first-order chi connectivity index (χ1) is 13.4. The lowest BCUT2D eigenvalue weighted by atomic mass is 10.1. The largest absolute Gasteiger partial charge is 0.460 e. The fourth-order valence-electron chi connectivity index (χ4n) is 3.42. The van der Waals surface area contributed by atoms with E-state index in [1.54, 1.807) is 11.6 Å². The van der Waals surface area contributed by atoms with Crippen LogP contribution >= 0.6 is 0 Å². The Bertz CT molecular complexity index is 1340. The third kappa shape index (κ3) is 2.63. The summed E-state index contributed by atoms with van der Waals surface area (Å²) in [6, 6.07) is 7.52. The van der Waals surface area contributed by atoms with Crippen molar-refractivity contribution in [3.63, 3.8) is 0 Å². The average Bonchev–Trinajstić information content (AvgIpc) is 3.25. The summed E-state index contributed by atoms with van der Waals surface area (Å²) >= 11 is 0. The van der Waals surface area contributed by atoms with Crippen molar-refractivity contribution < 1.29 is 9.53 Å². The summed E-state index contributed by atoms with van der Waals surface area (Å²) in [6.07, 6.45) is 1.47. The molecule has 1 N–H and O–H groups in total. The molecule has 3 heterocycles. The number of imidazole rings is 1. The van der Waals surface area contributed by atoms with Gasteiger partial charge in [-0.3, -0.25) is 13.9 Å². The number of nitrogens with one attached hydrogen (secondary N) is 1. The average molecular weight is 381 g/mol. The maximum atomic E-state index is 12.6. The zero-order valence-electron chi connectivity index (χ0n) is 15.7. The highest BCUT2D eigenvalue weighted by Crippen LogP contribution is 2.22. The highest BCUT2D eigenvalue weighted by molar-refractivity contribution is 6.05. The predicted molar refractivity (Wildman–Crippen MR) is 104 cm³/mol. The number of esters is 1. The smallest absolute Gasteiger partial charge is 0.340 e. The number of para-hydroxylation sites is 1. The summed E-state index contributed by atoms with van der Waals surface area (Å²) < 4.78 is 9.37. The minimum Gasteiger partial charge on any atom is -0.460 e. The summed E-state index contributed by atoms with van der Waals surface area (Å²) in [6.45, 7) is 2.14. The number of carbonyl (C=O) groups excluding carboxylic acids is 1. The number of aromatic nitrogens is 5. The van der Waals surface area contributed by atoms with Gasteiger partial charge in [-0.25, -0.2) is 14.6 Å². The van der Waals surface area contributed by atoms with Crippen LogP contribution in [0.4, 0.5) is 0 Å². The summed E-state index contributed by atoms with van der Waals surface area (Å²) in [7, 11) is 2.97. The molecule has 0 saturated carbocycles. The van der Waals surface area contributed by atoms with Gasteiger partial charge in [-0.15, -0.1) is 0 Å². The quantitative estimate of drug-likeness (QED) is 0.533.